The summed E-state index contributed by atoms with van der Waals surface area (Å²) in [6, 6.07) is 4.35. The number of pyridine rings is 1. The third-order valence-corrected chi connectivity index (χ3v) is 4.71. The van der Waals surface area contributed by atoms with E-state index in [9.17, 15) is 0 Å². The van der Waals surface area contributed by atoms with Crippen LogP contribution in [-0.2, 0) is 6.42 Å². The fraction of sp³-hybridized carbons (Fsp3) is 0.667. The lowest BCUT2D eigenvalue weighted by atomic mass is 9.75. The number of rotatable bonds is 2. The predicted octanol–water partition coefficient (Wildman–Crippen LogP) is 2.75. The van der Waals surface area contributed by atoms with Gasteiger partial charge in [-0.25, -0.2) is 0 Å². The van der Waals surface area contributed by atoms with Crippen LogP contribution in [0.1, 0.15) is 43.4 Å². The van der Waals surface area contributed by atoms with Gasteiger partial charge in [0, 0.05) is 17.8 Å². The molecule has 2 aliphatic rings. The number of nitrogens with zero attached hydrogens (tertiary/aromatic N) is 1. The zero-order valence-corrected chi connectivity index (χ0v) is 10.7. The normalized spacial score (nSPS) is 32.4. The molecule has 17 heavy (non-hydrogen) atoms. The molecular formula is C15H22N2. The smallest absolute Gasteiger partial charge is 0.0469 e. The summed E-state index contributed by atoms with van der Waals surface area (Å²) in [6.07, 6.45) is 7.18. The fourth-order valence-corrected chi connectivity index (χ4v) is 3.78. The molecule has 2 heteroatoms. The molecule has 0 radical (unpaired) electrons. The molecule has 0 spiro atoms. The van der Waals surface area contributed by atoms with Gasteiger partial charge in [0.25, 0.3) is 0 Å². The van der Waals surface area contributed by atoms with Gasteiger partial charge in [0.2, 0.25) is 0 Å². The minimum absolute atomic E-state index is 0.734. The van der Waals surface area contributed by atoms with E-state index in [1.54, 1.807) is 0 Å². The molecule has 1 aromatic rings. The first-order chi connectivity index (χ1) is 8.40. The van der Waals surface area contributed by atoms with Crippen LogP contribution in [0.15, 0.2) is 18.3 Å². The number of aryl methyl sites for hydroxylation is 1. The minimum Gasteiger partial charge on any atom is -0.316 e. The van der Waals surface area contributed by atoms with Gasteiger partial charge in [0.1, 0.15) is 0 Å². The topological polar surface area (TPSA) is 24.9 Å². The molecule has 1 saturated heterocycles. The molecule has 2 heterocycles. The number of nitrogens with one attached hydrogen (secondary N) is 1. The van der Waals surface area contributed by atoms with Gasteiger partial charge in [0.05, 0.1) is 0 Å². The first-order valence-electron chi connectivity index (χ1n) is 7.04. The van der Waals surface area contributed by atoms with Gasteiger partial charge in [0.15, 0.2) is 0 Å². The first-order valence-corrected chi connectivity index (χ1v) is 7.04. The first kappa shape index (κ1) is 11.2. The average Bonchev–Trinajstić information content (AvgIpc) is 2.82. The lowest BCUT2D eigenvalue weighted by Crippen LogP contribution is -2.38. The van der Waals surface area contributed by atoms with Gasteiger partial charge >= 0.3 is 0 Å². The lowest BCUT2D eigenvalue weighted by Gasteiger charge is -2.35. The number of hydrogen-bond acceptors (Lipinski definition) is 2. The molecule has 3 atom stereocenters. The van der Waals surface area contributed by atoms with Crippen LogP contribution in [-0.4, -0.2) is 18.1 Å². The second-order valence-corrected chi connectivity index (χ2v) is 5.52. The van der Waals surface area contributed by atoms with Crippen molar-refractivity contribution in [1.82, 2.24) is 10.3 Å². The second kappa shape index (κ2) is 4.77. The van der Waals surface area contributed by atoms with Gasteiger partial charge in [-0.15, -0.1) is 0 Å². The zero-order valence-electron chi connectivity index (χ0n) is 10.7. The standard InChI is InChI=1S/C15H22N2/c1-2-11-10-16-9-7-13(11)14-6-5-12-4-3-8-17-15(12)14/h3-4,8,11,13-14,16H,2,5-7,9-10H2,1H3. The Morgan fingerprint density at radius 1 is 1.41 bits per heavy atom. The average molecular weight is 230 g/mol. The molecule has 3 rings (SSSR count). The van der Waals surface area contributed by atoms with Gasteiger partial charge in [-0.2, -0.15) is 0 Å². The number of fused-ring (bicyclic) bond motifs is 1. The van der Waals surface area contributed by atoms with Crippen molar-refractivity contribution in [3.05, 3.63) is 29.6 Å². The van der Waals surface area contributed by atoms with E-state index in [4.69, 9.17) is 0 Å². The molecule has 1 aromatic heterocycles. The third kappa shape index (κ3) is 1.99. The van der Waals surface area contributed by atoms with Gasteiger partial charge in [-0.1, -0.05) is 19.4 Å². The Labute approximate surface area is 104 Å². The maximum atomic E-state index is 4.66. The summed E-state index contributed by atoms with van der Waals surface area (Å²) in [4.78, 5) is 4.66. The fourth-order valence-electron chi connectivity index (χ4n) is 3.78. The molecule has 1 N–H and O–H groups in total. The SMILES string of the molecule is CCC1CNCCC1C1CCc2cccnc21. The zero-order chi connectivity index (χ0) is 11.7. The molecule has 2 nitrogen and oxygen atoms in total. The highest BCUT2D eigenvalue weighted by atomic mass is 14.9. The Balaban J connectivity index is 1.85. The van der Waals surface area contributed by atoms with Crippen molar-refractivity contribution in [1.29, 1.82) is 0 Å². The van der Waals surface area contributed by atoms with Crippen LogP contribution in [0, 0.1) is 11.8 Å². The van der Waals surface area contributed by atoms with E-state index in [0.29, 0.717) is 0 Å². The van der Waals surface area contributed by atoms with E-state index in [1.807, 2.05) is 6.20 Å². The van der Waals surface area contributed by atoms with Gasteiger partial charge in [-0.05, 0) is 55.8 Å². The van der Waals surface area contributed by atoms with Gasteiger partial charge < -0.3 is 5.32 Å². The van der Waals surface area contributed by atoms with E-state index in [-0.39, 0.29) is 0 Å². The summed E-state index contributed by atoms with van der Waals surface area (Å²) >= 11 is 0. The second-order valence-electron chi connectivity index (χ2n) is 5.52. The largest absolute Gasteiger partial charge is 0.316 e. The molecule has 0 saturated carbocycles. The summed E-state index contributed by atoms with van der Waals surface area (Å²) in [5, 5.41) is 3.54. The third-order valence-electron chi connectivity index (χ3n) is 4.71. The van der Waals surface area contributed by atoms with Crippen molar-refractivity contribution in [2.24, 2.45) is 11.8 Å². The maximum Gasteiger partial charge on any atom is 0.0469 e. The van der Waals surface area contributed by atoms with E-state index < -0.39 is 0 Å². The minimum atomic E-state index is 0.734. The Morgan fingerprint density at radius 2 is 2.35 bits per heavy atom. The van der Waals surface area contributed by atoms with Crippen molar-refractivity contribution >= 4 is 0 Å². The monoisotopic (exact) mass is 230 g/mol. The highest BCUT2D eigenvalue weighted by Gasteiger charge is 2.35. The molecule has 1 aliphatic heterocycles. The molecule has 0 bridgehead atoms. The Morgan fingerprint density at radius 3 is 3.24 bits per heavy atom. The highest BCUT2D eigenvalue weighted by Crippen LogP contribution is 2.43. The quantitative estimate of drug-likeness (QED) is 0.845. The van der Waals surface area contributed by atoms with E-state index in [2.05, 4.69) is 29.4 Å². The molecule has 0 amide bonds. The van der Waals surface area contributed by atoms with Crippen LogP contribution in [0.3, 0.4) is 0 Å². The molecule has 1 aliphatic carbocycles. The Hall–Kier alpha value is -0.890. The van der Waals surface area contributed by atoms with Crippen LogP contribution in [0.4, 0.5) is 0 Å². The summed E-state index contributed by atoms with van der Waals surface area (Å²) in [6.45, 7) is 4.73. The molecule has 3 unspecified atom stereocenters. The number of hydrogen-bond donors (Lipinski definition) is 1. The summed E-state index contributed by atoms with van der Waals surface area (Å²) < 4.78 is 0. The van der Waals surface area contributed by atoms with Crippen molar-refractivity contribution in [2.75, 3.05) is 13.1 Å². The van der Waals surface area contributed by atoms with Crippen molar-refractivity contribution < 1.29 is 0 Å². The van der Waals surface area contributed by atoms with Crippen LogP contribution in [0.25, 0.3) is 0 Å². The van der Waals surface area contributed by atoms with Crippen molar-refractivity contribution in [3.8, 4) is 0 Å². The molecule has 92 valence electrons. The van der Waals surface area contributed by atoms with E-state index in [0.717, 1.165) is 17.8 Å². The van der Waals surface area contributed by atoms with E-state index >= 15 is 0 Å². The summed E-state index contributed by atoms with van der Waals surface area (Å²) in [7, 11) is 0. The lowest BCUT2D eigenvalue weighted by molar-refractivity contribution is 0.207. The molecule has 0 aromatic carbocycles. The number of aromatic nitrogens is 1. The summed E-state index contributed by atoms with van der Waals surface area (Å²) in [5.74, 6) is 2.44. The van der Waals surface area contributed by atoms with Crippen LogP contribution >= 0.6 is 0 Å². The van der Waals surface area contributed by atoms with Gasteiger partial charge in [-0.3, -0.25) is 4.98 Å². The van der Waals surface area contributed by atoms with Crippen molar-refractivity contribution in [3.63, 3.8) is 0 Å². The maximum absolute atomic E-state index is 4.66. The van der Waals surface area contributed by atoms with Crippen molar-refractivity contribution in [2.45, 2.75) is 38.5 Å². The molecule has 1 fully saturated rings. The highest BCUT2D eigenvalue weighted by molar-refractivity contribution is 5.29. The summed E-state index contributed by atoms with van der Waals surface area (Å²) in [5.41, 5.74) is 2.92. The molecular weight excluding hydrogens is 208 g/mol. The predicted molar refractivity (Wildman–Crippen MR) is 70.1 cm³/mol. The van der Waals surface area contributed by atoms with E-state index in [1.165, 1.54) is 50.0 Å². The Bertz CT molecular complexity index is 388. The number of piperidine rings is 1. The van der Waals surface area contributed by atoms with Crippen LogP contribution in [0.5, 0.6) is 0 Å². The van der Waals surface area contributed by atoms with Crippen LogP contribution < -0.4 is 5.32 Å². The Kier molecular flexibility index (Phi) is 3.15. The van der Waals surface area contributed by atoms with Crippen LogP contribution in [0.2, 0.25) is 0 Å².